The first kappa shape index (κ1) is 22.0. The van der Waals surface area contributed by atoms with Crippen molar-refractivity contribution in [2.45, 2.75) is 45.6 Å². The minimum absolute atomic E-state index is 0.0236. The lowest BCUT2D eigenvalue weighted by atomic mass is 10.0. The first-order chi connectivity index (χ1) is 14.6. The van der Waals surface area contributed by atoms with Gasteiger partial charge in [0.2, 0.25) is 5.91 Å². The molecule has 2 amide bonds. The van der Waals surface area contributed by atoms with Crippen molar-refractivity contribution in [2.24, 2.45) is 0 Å². The van der Waals surface area contributed by atoms with Crippen LogP contribution in [0.1, 0.15) is 49.0 Å². The van der Waals surface area contributed by atoms with Crippen LogP contribution in [0, 0.1) is 0 Å². The molecule has 1 saturated heterocycles. The molecule has 1 fully saturated rings. The first-order valence-corrected chi connectivity index (χ1v) is 11.1. The number of carbonyl (C=O) groups is 2. The molecular weight excluding hydrogens is 374 g/mol. The maximum absolute atomic E-state index is 12.7. The van der Waals surface area contributed by atoms with E-state index in [4.69, 9.17) is 0 Å². The number of carbonyl (C=O) groups excluding carboxylic acids is 2. The summed E-state index contributed by atoms with van der Waals surface area (Å²) in [5.41, 5.74) is 2.85. The lowest BCUT2D eigenvalue weighted by Gasteiger charge is -2.38. The van der Waals surface area contributed by atoms with Gasteiger partial charge in [-0.05, 0) is 62.1 Å². The summed E-state index contributed by atoms with van der Waals surface area (Å²) in [6.45, 7) is 7.01. The van der Waals surface area contributed by atoms with Crippen molar-refractivity contribution in [3.05, 3.63) is 65.7 Å². The number of benzene rings is 2. The molecule has 0 atom stereocenters. The fourth-order valence-corrected chi connectivity index (χ4v) is 4.08. The fourth-order valence-electron chi connectivity index (χ4n) is 4.08. The number of aryl methyl sites for hydroxylation is 1. The van der Waals surface area contributed by atoms with Gasteiger partial charge in [0.15, 0.2) is 0 Å². The molecule has 0 unspecified atom stereocenters. The van der Waals surface area contributed by atoms with E-state index < -0.39 is 0 Å². The summed E-state index contributed by atoms with van der Waals surface area (Å²) in [5, 5.41) is 3.02. The van der Waals surface area contributed by atoms with Crippen LogP contribution in [0.2, 0.25) is 0 Å². The number of hydrogen-bond acceptors (Lipinski definition) is 3. The second-order valence-corrected chi connectivity index (χ2v) is 7.96. The first-order valence-electron chi connectivity index (χ1n) is 11.1. The van der Waals surface area contributed by atoms with Gasteiger partial charge in [0.05, 0.1) is 6.54 Å². The summed E-state index contributed by atoms with van der Waals surface area (Å²) in [7, 11) is 0. The summed E-state index contributed by atoms with van der Waals surface area (Å²) >= 11 is 0. The van der Waals surface area contributed by atoms with E-state index in [1.54, 1.807) is 0 Å². The predicted octanol–water partition coefficient (Wildman–Crippen LogP) is 4.20. The maximum atomic E-state index is 12.7. The minimum atomic E-state index is 0.0236. The summed E-state index contributed by atoms with van der Waals surface area (Å²) in [5.74, 6) is 0.125. The molecule has 0 saturated carbocycles. The van der Waals surface area contributed by atoms with Gasteiger partial charge in [-0.2, -0.15) is 0 Å². The highest BCUT2D eigenvalue weighted by Gasteiger charge is 2.28. The number of rotatable bonds is 8. The highest BCUT2D eigenvalue weighted by Crippen LogP contribution is 2.19. The molecule has 5 nitrogen and oxygen atoms in total. The van der Waals surface area contributed by atoms with E-state index in [1.165, 1.54) is 5.56 Å². The second-order valence-electron chi connectivity index (χ2n) is 7.96. The molecule has 1 heterocycles. The number of nitrogens with zero attached hydrogens (tertiary/aromatic N) is 2. The third-order valence-electron chi connectivity index (χ3n) is 5.79. The average Bonchev–Trinajstić information content (AvgIpc) is 2.79. The Morgan fingerprint density at radius 1 is 1.00 bits per heavy atom. The van der Waals surface area contributed by atoms with E-state index >= 15 is 0 Å². The Morgan fingerprint density at radius 3 is 2.27 bits per heavy atom. The topological polar surface area (TPSA) is 52.7 Å². The monoisotopic (exact) mass is 407 g/mol. The van der Waals surface area contributed by atoms with Crippen LogP contribution in [0.15, 0.2) is 54.6 Å². The van der Waals surface area contributed by atoms with Gasteiger partial charge >= 0.3 is 0 Å². The van der Waals surface area contributed by atoms with Crippen LogP contribution in [-0.4, -0.2) is 53.8 Å². The van der Waals surface area contributed by atoms with Gasteiger partial charge < -0.3 is 10.2 Å². The van der Waals surface area contributed by atoms with Crippen LogP contribution in [0.25, 0.3) is 0 Å². The molecule has 2 aromatic carbocycles. The van der Waals surface area contributed by atoms with Gasteiger partial charge in [0, 0.05) is 30.4 Å². The van der Waals surface area contributed by atoms with Gasteiger partial charge in [-0.1, -0.05) is 44.2 Å². The number of nitrogens with one attached hydrogen (secondary N) is 1. The number of hydrogen-bond donors (Lipinski definition) is 1. The quantitative estimate of drug-likeness (QED) is 0.713. The van der Waals surface area contributed by atoms with Gasteiger partial charge in [-0.25, -0.2) is 0 Å². The van der Waals surface area contributed by atoms with Gasteiger partial charge in [-0.3, -0.25) is 14.5 Å². The third-order valence-corrected chi connectivity index (χ3v) is 5.79. The van der Waals surface area contributed by atoms with Crippen LogP contribution < -0.4 is 5.32 Å². The molecule has 0 radical (unpaired) electrons. The zero-order chi connectivity index (χ0) is 21.3. The number of piperidine rings is 1. The van der Waals surface area contributed by atoms with E-state index in [9.17, 15) is 9.59 Å². The lowest BCUT2D eigenvalue weighted by Crippen LogP contribution is -2.49. The van der Waals surface area contributed by atoms with E-state index in [2.05, 4.69) is 36.2 Å². The fraction of sp³-hybridized carbons (Fsp3) is 0.440. The molecule has 1 N–H and O–H groups in total. The Balaban J connectivity index is 1.53. The van der Waals surface area contributed by atoms with Crippen LogP contribution >= 0.6 is 0 Å². The average molecular weight is 408 g/mol. The highest BCUT2D eigenvalue weighted by molar-refractivity contribution is 5.94. The standard InChI is InChI=1S/C25H33N3O2/c1-3-16-28(19-24(29)26-22-12-10-20(4-2)11-13-22)23-14-17-27(18-15-23)25(30)21-8-6-5-7-9-21/h5-13,23H,3-4,14-19H2,1-2H3,(H,26,29). The highest BCUT2D eigenvalue weighted by atomic mass is 16.2. The van der Waals surface area contributed by atoms with Crippen LogP contribution in [0.4, 0.5) is 5.69 Å². The molecule has 1 aliphatic heterocycles. The SMILES string of the molecule is CCCN(CC(=O)Nc1ccc(CC)cc1)C1CCN(C(=O)c2ccccc2)CC1. The van der Waals surface area contributed by atoms with E-state index in [0.29, 0.717) is 12.6 Å². The number of anilines is 1. The Morgan fingerprint density at radius 2 is 1.67 bits per heavy atom. The zero-order valence-corrected chi connectivity index (χ0v) is 18.1. The van der Waals surface area contributed by atoms with E-state index in [1.807, 2.05) is 47.4 Å². The predicted molar refractivity (Wildman–Crippen MR) is 122 cm³/mol. The van der Waals surface area contributed by atoms with Crippen LogP contribution in [-0.2, 0) is 11.2 Å². The lowest BCUT2D eigenvalue weighted by molar-refractivity contribution is -0.118. The molecule has 0 spiro atoms. The normalized spacial score (nSPS) is 14.7. The third kappa shape index (κ3) is 5.92. The van der Waals surface area contributed by atoms with Crippen molar-refractivity contribution < 1.29 is 9.59 Å². The summed E-state index contributed by atoms with van der Waals surface area (Å²) in [4.78, 5) is 29.5. The molecule has 5 heteroatoms. The Hall–Kier alpha value is -2.66. The molecular formula is C25H33N3O2. The number of amides is 2. The number of likely N-dealkylation sites (tertiary alicyclic amines) is 1. The summed E-state index contributed by atoms with van der Waals surface area (Å²) in [6, 6.07) is 17.8. The van der Waals surface area contributed by atoms with Crippen LogP contribution in [0.3, 0.4) is 0 Å². The molecule has 160 valence electrons. The zero-order valence-electron chi connectivity index (χ0n) is 18.1. The van der Waals surface area contributed by atoms with Crippen molar-refractivity contribution in [3.8, 4) is 0 Å². The van der Waals surface area contributed by atoms with Crippen molar-refractivity contribution in [2.75, 3.05) is 31.5 Å². The smallest absolute Gasteiger partial charge is 0.253 e. The minimum Gasteiger partial charge on any atom is -0.339 e. The second kappa shape index (κ2) is 10.9. The van der Waals surface area contributed by atoms with Crippen molar-refractivity contribution in [3.63, 3.8) is 0 Å². The van der Waals surface area contributed by atoms with E-state index in [0.717, 1.165) is 56.6 Å². The van der Waals surface area contributed by atoms with Gasteiger partial charge in [-0.15, -0.1) is 0 Å². The molecule has 3 rings (SSSR count). The summed E-state index contributed by atoms with van der Waals surface area (Å²) in [6.07, 6.45) is 3.79. The van der Waals surface area contributed by atoms with Crippen molar-refractivity contribution in [1.29, 1.82) is 0 Å². The van der Waals surface area contributed by atoms with Gasteiger partial charge in [0.1, 0.15) is 0 Å². The maximum Gasteiger partial charge on any atom is 0.253 e. The van der Waals surface area contributed by atoms with Crippen molar-refractivity contribution in [1.82, 2.24) is 9.80 Å². The Bertz CT molecular complexity index is 812. The van der Waals surface area contributed by atoms with Crippen molar-refractivity contribution >= 4 is 17.5 Å². The molecule has 2 aromatic rings. The van der Waals surface area contributed by atoms with Gasteiger partial charge in [0.25, 0.3) is 5.91 Å². The Labute approximate surface area is 180 Å². The molecule has 30 heavy (non-hydrogen) atoms. The largest absolute Gasteiger partial charge is 0.339 e. The molecule has 0 aliphatic carbocycles. The summed E-state index contributed by atoms with van der Waals surface area (Å²) < 4.78 is 0. The molecule has 1 aliphatic rings. The van der Waals surface area contributed by atoms with Crippen LogP contribution in [0.5, 0.6) is 0 Å². The van der Waals surface area contributed by atoms with E-state index in [-0.39, 0.29) is 11.8 Å². The molecule has 0 bridgehead atoms. The Kier molecular flexibility index (Phi) is 8.03. The molecule has 0 aromatic heterocycles.